The zero-order valence-corrected chi connectivity index (χ0v) is 10.1. The van der Waals surface area contributed by atoms with E-state index in [-0.39, 0.29) is 6.04 Å². The third kappa shape index (κ3) is 3.49. The van der Waals surface area contributed by atoms with Gasteiger partial charge in [0.05, 0.1) is 0 Å². The summed E-state index contributed by atoms with van der Waals surface area (Å²) in [4.78, 5) is 12.9. The first-order valence-electron chi connectivity index (χ1n) is 5.97. The van der Waals surface area contributed by atoms with Crippen molar-refractivity contribution in [3.63, 3.8) is 0 Å². The van der Waals surface area contributed by atoms with E-state index in [9.17, 15) is 4.79 Å². The molecule has 3 atom stereocenters. The Bertz CT molecular complexity index is 218. The van der Waals surface area contributed by atoms with E-state index in [0.29, 0.717) is 6.04 Å². The maximum absolute atomic E-state index is 10.9. The van der Waals surface area contributed by atoms with Crippen molar-refractivity contribution in [3.05, 3.63) is 0 Å². The molecule has 0 amide bonds. The van der Waals surface area contributed by atoms with Crippen LogP contribution in [0.3, 0.4) is 0 Å². The lowest BCUT2D eigenvalue weighted by Crippen LogP contribution is -2.42. The van der Waals surface area contributed by atoms with Crippen LogP contribution in [0.5, 0.6) is 0 Å². The summed E-state index contributed by atoms with van der Waals surface area (Å²) < 4.78 is 0. The van der Waals surface area contributed by atoms with Gasteiger partial charge in [-0.3, -0.25) is 9.69 Å². The molecule has 3 unspecified atom stereocenters. The molecule has 0 bridgehead atoms. The van der Waals surface area contributed by atoms with Gasteiger partial charge in [-0.05, 0) is 39.2 Å². The van der Waals surface area contributed by atoms with Crippen molar-refractivity contribution in [2.24, 2.45) is 5.92 Å². The lowest BCUT2D eigenvalue weighted by Gasteiger charge is -2.30. The van der Waals surface area contributed by atoms with Gasteiger partial charge in [-0.2, -0.15) is 0 Å². The van der Waals surface area contributed by atoms with Crippen LogP contribution in [0.4, 0.5) is 0 Å². The first-order valence-corrected chi connectivity index (χ1v) is 5.97. The fourth-order valence-electron chi connectivity index (χ4n) is 2.37. The number of carboxylic acid groups (broad SMARTS) is 1. The van der Waals surface area contributed by atoms with Gasteiger partial charge in [0, 0.05) is 6.04 Å². The first-order chi connectivity index (χ1) is 7.02. The number of carbonyl (C=O) groups is 1. The second-order valence-electron chi connectivity index (χ2n) is 4.95. The Morgan fingerprint density at radius 3 is 2.60 bits per heavy atom. The standard InChI is InChI=1S/C12H23NO2/c1-9-5-4-6-11(8-7-9)13(3)10(2)12(14)15/h9-11H,4-8H2,1-3H3,(H,14,15). The molecular formula is C12H23NO2. The van der Waals surface area contributed by atoms with Gasteiger partial charge in [-0.25, -0.2) is 0 Å². The fraction of sp³-hybridized carbons (Fsp3) is 0.917. The van der Waals surface area contributed by atoms with Crippen LogP contribution in [0.15, 0.2) is 0 Å². The Labute approximate surface area is 92.5 Å². The van der Waals surface area contributed by atoms with Gasteiger partial charge in [0.1, 0.15) is 6.04 Å². The van der Waals surface area contributed by atoms with Crippen LogP contribution in [0.2, 0.25) is 0 Å². The highest BCUT2D eigenvalue weighted by atomic mass is 16.4. The van der Waals surface area contributed by atoms with E-state index in [1.807, 2.05) is 11.9 Å². The minimum absolute atomic E-state index is 0.358. The fourth-order valence-corrected chi connectivity index (χ4v) is 2.37. The van der Waals surface area contributed by atoms with Crippen LogP contribution in [-0.2, 0) is 4.79 Å². The summed E-state index contributed by atoms with van der Waals surface area (Å²) in [7, 11) is 1.94. The third-order valence-corrected chi connectivity index (χ3v) is 3.77. The van der Waals surface area contributed by atoms with Crippen LogP contribution >= 0.6 is 0 Å². The topological polar surface area (TPSA) is 40.5 Å². The number of rotatable bonds is 3. The van der Waals surface area contributed by atoms with E-state index in [2.05, 4.69) is 6.92 Å². The number of likely N-dealkylation sites (N-methyl/N-ethyl adjacent to an activating group) is 1. The molecule has 1 fully saturated rings. The maximum atomic E-state index is 10.9. The number of carboxylic acids is 1. The summed E-state index contributed by atoms with van der Waals surface area (Å²) >= 11 is 0. The molecule has 3 heteroatoms. The van der Waals surface area contributed by atoms with Gasteiger partial charge in [0.25, 0.3) is 0 Å². The Hall–Kier alpha value is -0.570. The van der Waals surface area contributed by atoms with Gasteiger partial charge >= 0.3 is 5.97 Å². The minimum Gasteiger partial charge on any atom is -0.480 e. The lowest BCUT2D eigenvalue weighted by molar-refractivity contribution is -0.143. The highest BCUT2D eigenvalue weighted by molar-refractivity contribution is 5.72. The average Bonchev–Trinajstić information content (AvgIpc) is 2.40. The predicted octanol–water partition coefficient (Wildman–Crippen LogP) is 2.36. The summed E-state index contributed by atoms with van der Waals surface area (Å²) in [6.07, 6.45) is 6.07. The molecule has 15 heavy (non-hydrogen) atoms. The number of hydrogen-bond acceptors (Lipinski definition) is 2. The van der Waals surface area contributed by atoms with Crippen molar-refractivity contribution >= 4 is 5.97 Å². The highest BCUT2D eigenvalue weighted by Gasteiger charge is 2.26. The molecule has 1 aliphatic rings. The van der Waals surface area contributed by atoms with Crippen molar-refractivity contribution in [1.29, 1.82) is 0 Å². The van der Waals surface area contributed by atoms with Gasteiger partial charge in [-0.15, -0.1) is 0 Å². The molecular weight excluding hydrogens is 190 g/mol. The zero-order chi connectivity index (χ0) is 11.4. The Morgan fingerprint density at radius 1 is 1.33 bits per heavy atom. The van der Waals surface area contributed by atoms with Crippen LogP contribution in [0, 0.1) is 5.92 Å². The maximum Gasteiger partial charge on any atom is 0.320 e. The van der Waals surface area contributed by atoms with E-state index in [4.69, 9.17) is 5.11 Å². The molecule has 1 saturated carbocycles. The molecule has 1 rings (SSSR count). The van der Waals surface area contributed by atoms with Crippen molar-refractivity contribution in [2.45, 2.75) is 58.0 Å². The molecule has 0 aromatic heterocycles. The second-order valence-corrected chi connectivity index (χ2v) is 4.95. The average molecular weight is 213 g/mol. The predicted molar refractivity (Wildman–Crippen MR) is 60.9 cm³/mol. The number of hydrogen-bond donors (Lipinski definition) is 1. The molecule has 0 aliphatic heterocycles. The van der Waals surface area contributed by atoms with Crippen LogP contribution in [-0.4, -0.2) is 35.1 Å². The van der Waals surface area contributed by atoms with E-state index < -0.39 is 5.97 Å². The first kappa shape index (κ1) is 12.5. The molecule has 0 spiro atoms. The Kier molecular flexibility index (Phi) is 4.58. The van der Waals surface area contributed by atoms with Crippen LogP contribution < -0.4 is 0 Å². The molecule has 1 aliphatic carbocycles. The van der Waals surface area contributed by atoms with Crippen LogP contribution in [0.25, 0.3) is 0 Å². The normalized spacial score (nSPS) is 29.9. The molecule has 3 nitrogen and oxygen atoms in total. The van der Waals surface area contributed by atoms with E-state index >= 15 is 0 Å². The Morgan fingerprint density at radius 2 is 2.00 bits per heavy atom. The minimum atomic E-state index is -0.713. The molecule has 0 aromatic rings. The smallest absolute Gasteiger partial charge is 0.320 e. The van der Waals surface area contributed by atoms with Crippen molar-refractivity contribution in [3.8, 4) is 0 Å². The summed E-state index contributed by atoms with van der Waals surface area (Å²) in [5.74, 6) is 0.0957. The van der Waals surface area contributed by atoms with Gasteiger partial charge in [0.15, 0.2) is 0 Å². The van der Waals surface area contributed by atoms with Crippen molar-refractivity contribution < 1.29 is 9.90 Å². The molecule has 0 radical (unpaired) electrons. The van der Waals surface area contributed by atoms with Crippen molar-refractivity contribution in [2.75, 3.05) is 7.05 Å². The van der Waals surface area contributed by atoms with E-state index in [1.54, 1.807) is 6.92 Å². The Balaban J connectivity index is 2.51. The van der Waals surface area contributed by atoms with E-state index in [0.717, 1.165) is 18.8 Å². The highest BCUT2D eigenvalue weighted by Crippen LogP contribution is 2.26. The third-order valence-electron chi connectivity index (χ3n) is 3.77. The van der Waals surface area contributed by atoms with E-state index in [1.165, 1.54) is 19.3 Å². The summed E-state index contributed by atoms with van der Waals surface area (Å²) in [6.45, 7) is 4.07. The summed E-state index contributed by atoms with van der Waals surface area (Å²) in [6, 6.07) is 0.101. The molecule has 0 saturated heterocycles. The molecule has 0 aromatic carbocycles. The quantitative estimate of drug-likeness (QED) is 0.732. The summed E-state index contributed by atoms with van der Waals surface area (Å²) in [5.41, 5.74) is 0. The summed E-state index contributed by atoms with van der Waals surface area (Å²) in [5, 5.41) is 8.96. The number of nitrogens with zero attached hydrogens (tertiary/aromatic N) is 1. The van der Waals surface area contributed by atoms with Gasteiger partial charge in [0.2, 0.25) is 0 Å². The van der Waals surface area contributed by atoms with Gasteiger partial charge < -0.3 is 5.11 Å². The molecule has 1 N–H and O–H groups in total. The van der Waals surface area contributed by atoms with Gasteiger partial charge in [-0.1, -0.05) is 19.8 Å². The SMILES string of the molecule is CC1CCCC(N(C)C(C)C(=O)O)CC1. The molecule has 88 valence electrons. The largest absolute Gasteiger partial charge is 0.480 e. The number of aliphatic carboxylic acids is 1. The van der Waals surface area contributed by atoms with Crippen LogP contribution in [0.1, 0.15) is 46.0 Å². The second kappa shape index (κ2) is 5.50. The molecule has 0 heterocycles. The lowest BCUT2D eigenvalue weighted by atomic mass is 10.0. The van der Waals surface area contributed by atoms with Crippen molar-refractivity contribution in [1.82, 2.24) is 4.90 Å². The monoisotopic (exact) mass is 213 g/mol. The zero-order valence-electron chi connectivity index (χ0n) is 10.1.